The van der Waals surface area contributed by atoms with E-state index in [1.165, 1.54) is 12.2 Å². The second-order valence-corrected chi connectivity index (χ2v) is 4.87. The Morgan fingerprint density at radius 1 is 1.15 bits per heavy atom. The van der Waals surface area contributed by atoms with Crippen LogP contribution in [0.3, 0.4) is 0 Å². The molecule has 1 aromatic carbocycles. The van der Waals surface area contributed by atoms with Gasteiger partial charge in [0.15, 0.2) is 0 Å². The van der Waals surface area contributed by atoms with Crippen molar-refractivity contribution in [1.82, 2.24) is 5.06 Å². The van der Waals surface area contributed by atoms with Gasteiger partial charge in [0.1, 0.15) is 6.10 Å². The van der Waals surface area contributed by atoms with Crippen LogP contribution in [-0.2, 0) is 9.57 Å². The molecule has 1 amide bonds. The summed E-state index contributed by atoms with van der Waals surface area (Å²) in [6.07, 6.45) is 5.88. The van der Waals surface area contributed by atoms with E-state index in [0.717, 1.165) is 12.8 Å². The Labute approximate surface area is 116 Å². The Morgan fingerprint density at radius 3 is 2.35 bits per heavy atom. The molecule has 1 saturated heterocycles. The van der Waals surface area contributed by atoms with Gasteiger partial charge in [0.2, 0.25) is 0 Å². The van der Waals surface area contributed by atoms with E-state index < -0.39 is 5.97 Å². The zero-order valence-corrected chi connectivity index (χ0v) is 11.1. The molecule has 104 valence electrons. The quantitative estimate of drug-likeness (QED) is 0.610. The standard InChI is InChI=1S/C15H15NO4/c1-19-15(18)11-4-2-10(3-5-11)14(17)16-12-6-8-13(20-16)9-7-12/h2-6,8,12-13H,7,9H2,1H3/t12-,13+/m1/s1. The van der Waals surface area contributed by atoms with Gasteiger partial charge in [0, 0.05) is 5.56 Å². The summed E-state index contributed by atoms with van der Waals surface area (Å²) in [4.78, 5) is 29.3. The molecular formula is C15H15NO4. The topological polar surface area (TPSA) is 55.8 Å². The second-order valence-electron chi connectivity index (χ2n) is 4.87. The summed E-state index contributed by atoms with van der Waals surface area (Å²) in [6.45, 7) is 0. The Bertz CT molecular complexity index is 564. The first kappa shape index (κ1) is 12.9. The molecule has 1 aliphatic carbocycles. The number of esters is 1. The molecule has 0 aromatic heterocycles. The number of nitrogens with zero attached hydrogens (tertiary/aromatic N) is 1. The number of amides is 1. The van der Waals surface area contributed by atoms with Crippen molar-refractivity contribution >= 4 is 11.9 Å². The Hall–Kier alpha value is -2.14. The van der Waals surface area contributed by atoms with Crippen LogP contribution in [0.4, 0.5) is 0 Å². The van der Waals surface area contributed by atoms with Gasteiger partial charge in [0.05, 0.1) is 18.7 Å². The molecule has 20 heavy (non-hydrogen) atoms. The van der Waals surface area contributed by atoms with Crippen LogP contribution in [-0.4, -0.2) is 36.2 Å². The molecule has 5 heteroatoms. The number of carbonyl (C=O) groups is 2. The van der Waals surface area contributed by atoms with Gasteiger partial charge in [-0.25, -0.2) is 9.86 Å². The fourth-order valence-corrected chi connectivity index (χ4v) is 2.48. The van der Waals surface area contributed by atoms with Gasteiger partial charge in [-0.15, -0.1) is 0 Å². The van der Waals surface area contributed by atoms with Crippen LogP contribution in [0.2, 0.25) is 0 Å². The predicted molar refractivity (Wildman–Crippen MR) is 71.0 cm³/mol. The Balaban J connectivity index is 1.78. The number of ether oxygens (including phenoxy) is 1. The van der Waals surface area contributed by atoms with Crippen molar-refractivity contribution in [3.63, 3.8) is 0 Å². The predicted octanol–water partition coefficient (Wildman–Crippen LogP) is 1.95. The zero-order valence-electron chi connectivity index (χ0n) is 11.1. The van der Waals surface area contributed by atoms with Crippen LogP contribution in [0.25, 0.3) is 0 Å². The van der Waals surface area contributed by atoms with Crippen LogP contribution >= 0.6 is 0 Å². The van der Waals surface area contributed by atoms with E-state index in [1.807, 2.05) is 12.2 Å². The van der Waals surface area contributed by atoms with Gasteiger partial charge in [0.25, 0.3) is 5.91 Å². The smallest absolute Gasteiger partial charge is 0.337 e. The van der Waals surface area contributed by atoms with E-state index in [4.69, 9.17) is 4.84 Å². The van der Waals surface area contributed by atoms with Crippen LogP contribution < -0.4 is 0 Å². The maximum Gasteiger partial charge on any atom is 0.337 e. The van der Waals surface area contributed by atoms with Gasteiger partial charge in [-0.2, -0.15) is 0 Å². The molecular weight excluding hydrogens is 258 g/mol. The summed E-state index contributed by atoms with van der Waals surface area (Å²) in [5, 5.41) is 1.43. The summed E-state index contributed by atoms with van der Waals surface area (Å²) in [5.41, 5.74) is 0.920. The Morgan fingerprint density at radius 2 is 1.85 bits per heavy atom. The maximum absolute atomic E-state index is 12.4. The van der Waals surface area contributed by atoms with Crippen molar-refractivity contribution in [2.24, 2.45) is 0 Å². The lowest BCUT2D eigenvalue weighted by atomic mass is 9.97. The first-order valence-electron chi connectivity index (χ1n) is 6.56. The number of carbonyl (C=O) groups excluding carboxylic acids is 2. The first-order chi connectivity index (χ1) is 9.69. The average molecular weight is 273 g/mol. The van der Waals surface area contributed by atoms with Gasteiger partial charge in [-0.1, -0.05) is 12.2 Å². The average Bonchev–Trinajstić information content (AvgIpc) is 2.54. The lowest BCUT2D eigenvalue weighted by Gasteiger charge is -2.40. The minimum atomic E-state index is -0.416. The summed E-state index contributed by atoms with van der Waals surface area (Å²) in [7, 11) is 1.33. The minimum Gasteiger partial charge on any atom is -0.465 e. The summed E-state index contributed by atoms with van der Waals surface area (Å²) in [5.74, 6) is -0.597. The number of hydrogen-bond donors (Lipinski definition) is 0. The molecule has 0 N–H and O–H groups in total. The summed E-state index contributed by atoms with van der Waals surface area (Å²) < 4.78 is 4.63. The van der Waals surface area contributed by atoms with Crippen molar-refractivity contribution in [1.29, 1.82) is 0 Å². The first-order valence-corrected chi connectivity index (χ1v) is 6.56. The van der Waals surface area contributed by atoms with Crippen LogP contribution in [0, 0.1) is 0 Å². The zero-order chi connectivity index (χ0) is 14.1. The third-order valence-electron chi connectivity index (χ3n) is 3.60. The minimum absolute atomic E-state index is 0.00158. The highest BCUT2D eigenvalue weighted by Crippen LogP contribution is 2.28. The van der Waals surface area contributed by atoms with Crippen LogP contribution in [0.15, 0.2) is 36.4 Å². The monoisotopic (exact) mass is 273 g/mol. The molecule has 0 saturated carbocycles. The summed E-state index contributed by atoms with van der Waals surface area (Å²) >= 11 is 0. The van der Waals surface area contributed by atoms with E-state index in [2.05, 4.69) is 4.74 Å². The third kappa shape index (κ3) is 2.20. The van der Waals surface area contributed by atoms with Gasteiger partial charge in [-0.3, -0.25) is 9.63 Å². The van der Waals surface area contributed by atoms with Crippen molar-refractivity contribution in [2.75, 3.05) is 7.11 Å². The highest BCUT2D eigenvalue weighted by atomic mass is 16.7. The number of rotatable bonds is 2. The molecule has 4 rings (SSSR count). The van der Waals surface area contributed by atoms with Crippen molar-refractivity contribution < 1.29 is 19.2 Å². The van der Waals surface area contributed by atoms with Crippen molar-refractivity contribution in [2.45, 2.75) is 25.0 Å². The Kier molecular flexibility index (Phi) is 3.28. The lowest BCUT2D eigenvalue weighted by Crippen LogP contribution is -2.48. The highest BCUT2D eigenvalue weighted by molar-refractivity contribution is 5.96. The van der Waals surface area contributed by atoms with Gasteiger partial charge < -0.3 is 4.74 Å². The molecule has 0 unspecified atom stereocenters. The van der Waals surface area contributed by atoms with Crippen LogP contribution in [0.1, 0.15) is 33.6 Å². The fourth-order valence-electron chi connectivity index (χ4n) is 2.48. The van der Waals surface area contributed by atoms with E-state index in [9.17, 15) is 9.59 Å². The maximum atomic E-state index is 12.4. The van der Waals surface area contributed by atoms with E-state index in [-0.39, 0.29) is 18.1 Å². The van der Waals surface area contributed by atoms with Gasteiger partial charge in [-0.05, 0) is 37.1 Å². The number of hydrogen-bond acceptors (Lipinski definition) is 4. The molecule has 2 atom stereocenters. The second kappa shape index (κ2) is 5.09. The number of benzene rings is 1. The van der Waals surface area contributed by atoms with Crippen molar-refractivity contribution in [3.8, 4) is 0 Å². The third-order valence-corrected chi connectivity index (χ3v) is 3.60. The molecule has 5 nitrogen and oxygen atoms in total. The largest absolute Gasteiger partial charge is 0.465 e. The molecule has 1 aromatic rings. The fraction of sp³-hybridized carbons (Fsp3) is 0.333. The lowest BCUT2D eigenvalue weighted by molar-refractivity contribution is -0.197. The molecule has 3 aliphatic rings. The normalized spacial score (nSPS) is 23.8. The SMILES string of the molecule is COC(=O)c1ccc(C(=O)N2O[C@H]3C=C[C@@H]2CC3)cc1. The number of methoxy groups -OCH3 is 1. The van der Waals surface area contributed by atoms with E-state index in [1.54, 1.807) is 24.3 Å². The molecule has 0 radical (unpaired) electrons. The van der Waals surface area contributed by atoms with Gasteiger partial charge >= 0.3 is 5.97 Å². The molecule has 1 fully saturated rings. The molecule has 2 aliphatic heterocycles. The molecule has 0 spiro atoms. The van der Waals surface area contributed by atoms with E-state index >= 15 is 0 Å². The van der Waals surface area contributed by atoms with E-state index in [0.29, 0.717) is 11.1 Å². The van der Waals surface area contributed by atoms with Crippen molar-refractivity contribution in [3.05, 3.63) is 47.5 Å². The van der Waals surface area contributed by atoms with Crippen LogP contribution in [0.5, 0.6) is 0 Å². The molecule has 2 bridgehead atoms. The molecule has 2 heterocycles. The number of hydroxylamine groups is 2. The number of fused-ring (bicyclic) bond motifs is 2. The summed E-state index contributed by atoms with van der Waals surface area (Å²) in [6, 6.07) is 6.40. The highest BCUT2D eigenvalue weighted by Gasteiger charge is 2.34.